The Morgan fingerprint density at radius 2 is 2.22 bits per heavy atom. The summed E-state index contributed by atoms with van der Waals surface area (Å²) in [5, 5.41) is 17.7. The summed E-state index contributed by atoms with van der Waals surface area (Å²) in [6, 6.07) is 7.36. The molecule has 1 heterocycles. The lowest BCUT2D eigenvalue weighted by atomic mass is 10.1. The molecule has 0 bridgehead atoms. The fourth-order valence-electron chi connectivity index (χ4n) is 3.01. The minimum absolute atomic E-state index is 0.143. The summed E-state index contributed by atoms with van der Waals surface area (Å²) < 4.78 is 1.62. The fourth-order valence-corrected chi connectivity index (χ4v) is 3.23. The third kappa shape index (κ3) is 3.41. The number of aryl methyl sites for hydroxylation is 1. The van der Waals surface area contributed by atoms with Crippen LogP contribution in [0.5, 0.6) is 0 Å². The average molecular weight is 334 g/mol. The molecule has 5 nitrogen and oxygen atoms in total. The smallest absolute Gasteiger partial charge is 0.272 e. The quantitative estimate of drug-likeness (QED) is 0.904. The van der Waals surface area contributed by atoms with Gasteiger partial charge in [-0.05, 0) is 31.9 Å². The maximum atomic E-state index is 12.4. The zero-order valence-corrected chi connectivity index (χ0v) is 13.8. The van der Waals surface area contributed by atoms with Crippen LogP contribution in [0, 0.1) is 12.8 Å². The third-order valence-corrected chi connectivity index (χ3v) is 4.67. The molecular weight excluding hydrogens is 314 g/mol. The summed E-state index contributed by atoms with van der Waals surface area (Å²) in [4.78, 5) is 12.4. The lowest BCUT2D eigenvalue weighted by Gasteiger charge is -2.14. The Hall–Kier alpha value is -1.85. The number of amides is 1. The van der Waals surface area contributed by atoms with E-state index in [2.05, 4.69) is 10.4 Å². The Bertz CT molecular complexity index is 714. The van der Waals surface area contributed by atoms with Crippen molar-refractivity contribution in [2.75, 3.05) is 6.54 Å². The highest BCUT2D eigenvalue weighted by Crippen LogP contribution is 2.25. The third-order valence-electron chi connectivity index (χ3n) is 4.36. The number of nitrogens with zero attached hydrogens (tertiary/aromatic N) is 2. The number of carbonyl (C=O) groups excluding carboxylic acids is 1. The van der Waals surface area contributed by atoms with E-state index in [0.29, 0.717) is 17.3 Å². The lowest BCUT2D eigenvalue weighted by molar-refractivity contribution is 0.0911. The number of hydrogen-bond acceptors (Lipinski definition) is 3. The standard InChI is InChI=1S/C17H20ClN3O2/c1-11-10-21(14-7-3-2-6-13(14)18)20-16(11)17(23)19-9-12-5-4-8-15(12)22/h2-3,6-7,10,12,15,22H,4-5,8-9H2,1H3,(H,19,23). The molecule has 2 atom stereocenters. The molecule has 1 aliphatic rings. The number of benzene rings is 1. The Kier molecular flexibility index (Phi) is 4.68. The highest BCUT2D eigenvalue weighted by molar-refractivity contribution is 6.32. The van der Waals surface area contributed by atoms with Crippen LogP contribution in [0.4, 0.5) is 0 Å². The van der Waals surface area contributed by atoms with Crippen LogP contribution in [-0.2, 0) is 0 Å². The molecule has 0 aliphatic heterocycles. The van der Waals surface area contributed by atoms with Gasteiger partial charge in [0.25, 0.3) is 5.91 Å². The number of rotatable bonds is 4. The van der Waals surface area contributed by atoms with Crippen molar-refractivity contribution in [1.29, 1.82) is 0 Å². The second-order valence-corrected chi connectivity index (χ2v) is 6.43. The van der Waals surface area contributed by atoms with E-state index in [-0.39, 0.29) is 17.9 Å². The van der Waals surface area contributed by atoms with Crippen LogP contribution in [-0.4, -0.2) is 33.4 Å². The molecule has 1 aromatic carbocycles. The van der Waals surface area contributed by atoms with E-state index in [4.69, 9.17) is 11.6 Å². The van der Waals surface area contributed by atoms with Crippen molar-refractivity contribution >= 4 is 17.5 Å². The zero-order valence-electron chi connectivity index (χ0n) is 13.0. The molecule has 0 saturated heterocycles. The van der Waals surface area contributed by atoms with E-state index >= 15 is 0 Å². The van der Waals surface area contributed by atoms with Crippen molar-refractivity contribution in [3.05, 3.63) is 46.7 Å². The molecule has 0 radical (unpaired) electrons. The van der Waals surface area contributed by atoms with Crippen LogP contribution in [0.25, 0.3) is 5.69 Å². The highest BCUT2D eigenvalue weighted by Gasteiger charge is 2.26. The maximum Gasteiger partial charge on any atom is 0.272 e. The average Bonchev–Trinajstić information content (AvgIpc) is 3.11. The summed E-state index contributed by atoms with van der Waals surface area (Å²) in [5.74, 6) is -0.0719. The van der Waals surface area contributed by atoms with Crippen LogP contribution in [0.15, 0.2) is 30.5 Å². The van der Waals surface area contributed by atoms with Gasteiger partial charge < -0.3 is 10.4 Å². The van der Waals surface area contributed by atoms with E-state index in [1.807, 2.05) is 25.1 Å². The van der Waals surface area contributed by atoms with Crippen LogP contribution in [0.3, 0.4) is 0 Å². The van der Waals surface area contributed by atoms with Crippen molar-refractivity contribution in [2.24, 2.45) is 5.92 Å². The normalized spacial score (nSPS) is 20.7. The topological polar surface area (TPSA) is 67.2 Å². The van der Waals surface area contributed by atoms with Gasteiger partial charge in [-0.3, -0.25) is 4.79 Å². The number of nitrogens with one attached hydrogen (secondary N) is 1. The molecule has 122 valence electrons. The summed E-state index contributed by atoms with van der Waals surface area (Å²) in [5.41, 5.74) is 1.91. The molecule has 2 aromatic rings. The lowest BCUT2D eigenvalue weighted by Crippen LogP contribution is -2.33. The molecule has 1 aliphatic carbocycles. The second-order valence-electron chi connectivity index (χ2n) is 6.03. The molecule has 2 N–H and O–H groups in total. The molecule has 3 rings (SSSR count). The molecule has 1 aromatic heterocycles. The van der Waals surface area contributed by atoms with Gasteiger partial charge in [0.15, 0.2) is 5.69 Å². The number of hydrogen-bond donors (Lipinski definition) is 2. The van der Waals surface area contributed by atoms with Crippen molar-refractivity contribution in [3.8, 4) is 5.69 Å². The molecule has 23 heavy (non-hydrogen) atoms. The second kappa shape index (κ2) is 6.72. The Morgan fingerprint density at radius 3 is 2.91 bits per heavy atom. The number of para-hydroxylation sites is 1. The number of halogens is 1. The molecule has 6 heteroatoms. The molecule has 1 saturated carbocycles. The van der Waals surface area contributed by atoms with Gasteiger partial charge in [0.05, 0.1) is 16.8 Å². The summed E-state index contributed by atoms with van der Waals surface area (Å²) in [6.45, 7) is 2.33. The van der Waals surface area contributed by atoms with Gasteiger partial charge in [0.2, 0.25) is 0 Å². The minimum atomic E-state index is -0.308. The monoisotopic (exact) mass is 333 g/mol. The number of carbonyl (C=O) groups is 1. The summed E-state index contributed by atoms with van der Waals surface area (Å²) in [7, 11) is 0. The van der Waals surface area contributed by atoms with E-state index in [1.54, 1.807) is 16.9 Å². The first-order chi connectivity index (χ1) is 11.1. The first-order valence-corrected chi connectivity index (χ1v) is 8.21. The fraction of sp³-hybridized carbons (Fsp3) is 0.412. The van der Waals surface area contributed by atoms with Gasteiger partial charge in [0.1, 0.15) is 0 Å². The molecular formula is C17H20ClN3O2. The Labute approximate surface area is 140 Å². The number of aliphatic hydroxyl groups is 1. The van der Waals surface area contributed by atoms with Crippen molar-refractivity contribution in [3.63, 3.8) is 0 Å². The summed E-state index contributed by atoms with van der Waals surface area (Å²) >= 11 is 6.17. The first kappa shape index (κ1) is 16.0. The van der Waals surface area contributed by atoms with Crippen molar-refractivity contribution in [2.45, 2.75) is 32.3 Å². The predicted octanol–water partition coefficient (Wildman–Crippen LogP) is 2.72. The number of aromatic nitrogens is 2. The number of aliphatic hydroxyl groups excluding tert-OH is 1. The maximum absolute atomic E-state index is 12.4. The molecule has 0 spiro atoms. The first-order valence-electron chi connectivity index (χ1n) is 7.83. The van der Waals surface area contributed by atoms with E-state index in [1.165, 1.54) is 0 Å². The van der Waals surface area contributed by atoms with Crippen molar-refractivity contribution in [1.82, 2.24) is 15.1 Å². The Balaban J connectivity index is 1.73. The predicted molar refractivity (Wildman–Crippen MR) is 89.0 cm³/mol. The van der Waals surface area contributed by atoms with Crippen LogP contribution in [0.2, 0.25) is 5.02 Å². The molecule has 1 amide bonds. The molecule has 1 fully saturated rings. The van der Waals surface area contributed by atoms with E-state index in [0.717, 1.165) is 30.5 Å². The van der Waals surface area contributed by atoms with Crippen LogP contribution >= 0.6 is 11.6 Å². The van der Waals surface area contributed by atoms with Crippen LogP contribution < -0.4 is 5.32 Å². The van der Waals surface area contributed by atoms with Gasteiger partial charge in [-0.15, -0.1) is 0 Å². The van der Waals surface area contributed by atoms with Gasteiger partial charge in [-0.1, -0.05) is 30.2 Å². The Morgan fingerprint density at radius 1 is 1.43 bits per heavy atom. The highest BCUT2D eigenvalue weighted by atomic mass is 35.5. The van der Waals surface area contributed by atoms with E-state index < -0.39 is 0 Å². The summed E-state index contributed by atoms with van der Waals surface area (Å²) in [6.07, 6.45) is 4.27. The van der Waals surface area contributed by atoms with Crippen LogP contribution in [0.1, 0.15) is 35.3 Å². The van der Waals surface area contributed by atoms with Gasteiger partial charge in [-0.25, -0.2) is 4.68 Å². The minimum Gasteiger partial charge on any atom is -0.393 e. The largest absolute Gasteiger partial charge is 0.393 e. The molecule has 2 unspecified atom stereocenters. The van der Waals surface area contributed by atoms with Gasteiger partial charge in [0, 0.05) is 24.2 Å². The zero-order chi connectivity index (χ0) is 16.4. The van der Waals surface area contributed by atoms with E-state index in [9.17, 15) is 9.90 Å². The van der Waals surface area contributed by atoms with Gasteiger partial charge in [-0.2, -0.15) is 5.10 Å². The van der Waals surface area contributed by atoms with Gasteiger partial charge >= 0.3 is 0 Å². The SMILES string of the molecule is Cc1cn(-c2ccccc2Cl)nc1C(=O)NCC1CCCC1O. The van der Waals surface area contributed by atoms with Crippen molar-refractivity contribution < 1.29 is 9.90 Å².